The maximum absolute atomic E-state index is 13.6. The quantitative estimate of drug-likeness (QED) is 0.821. The van der Waals surface area contributed by atoms with Crippen LogP contribution in [0.4, 0.5) is 10.1 Å². The molecule has 0 amide bonds. The van der Waals surface area contributed by atoms with Crippen LogP contribution in [-0.4, -0.2) is 24.8 Å². The molecule has 0 fully saturated rings. The van der Waals surface area contributed by atoms with Gasteiger partial charge in [-0.3, -0.25) is 0 Å². The maximum atomic E-state index is 13.6. The molecule has 0 heterocycles. The van der Waals surface area contributed by atoms with Gasteiger partial charge in [0, 0.05) is 30.9 Å². The first-order chi connectivity index (χ1) is 7.43. The summed E-state index contributed by atoms with van der Waals surface area (Å²) in [6, 6.07) is 4.49. The first-order valence-corrected chi connectivity index (χ1v) is 5.36. The monoisotopic (exact) mass is 226 g/mol. The molecule has 0 radical (unpaired) electrons. The fourth-order valence-electron chi connectivity index (χ4n) is 1.80. The lowest BCUT2D eigenvalue weighted by Crippen LogP contribution is -2.28. The maximum Gasteiger partial charge on any atom is 0.130 e. The van der Waals surface area contributed by atoms with Crippen molar-refractivity contribution >= 4 is 5.69 Å². The van der Waals surface area contributed by atoms with Gasteiger partial charge in [-0.1, -0.05) is 6.07 Å². The zero-order chi connectivity index (χ0) is 12.3. The standard InChI is InChI=1S/C12H19FN2O/c1-8(16)7-15(3)11-6-4-5-10(13)12(11)9(2)14/h4-6,8-9,16H,7,14H2,1-3H3/t8?,9-/m0/s1. The smallest absolute Gasteiger partial charge is 0.130 e. The number of rotatable bonds is 4. The van der Waals surface area contributed by atoms with Gasteiger partial charge in [0.25, 0.3) is 0 Å². The predicted molar refractivity (Wildman–Crippen MR) is 64.0 cm³/mol. The van der Waals surface area contributed by atoms with Gasteiger partial charge in [-0.15, -0.1) is 0 Å². The number of benzene rings is 1. The van der Waals surface area contributed by atoms with Gasteiger partial charge in [0.1, 0.15) is 5.82 Å². The van der Waals surface area contributed by atoms with Crippen LogP contribution in [0.5, 0.6) is 0 Å². The van der Waals surface area contributed by atoms with Crippen LogP contribution in [0.3, 0.4) is 0 Å². The molecule has 1 aromatic rings. The van der Waals surface area contributed by atoms with Crippen molar-refractivity contribution in [3.05, 3.63) is 29.6 Å². The number of hydrogen-bond donors (Lipinski definition) is 2. The van der Waals surface area contributed by atoms with Gasteiger partial charge in [-0.25, -0.2) is 4.39 Å². The van der Waals surface area contributed by atoms with E-state index in [-0.39, 0.29) is 11.9 Å². The molecule has 1 aromatic carbocycles. The summed E-state index contributed by atoms with van der Waals surface area (Å²) in [4.78, 5) is 1.81. The minimum Gasteiger partial charge on any atom is -0.392 e. The molecule has 0 saturated heterocycles. The van der Waals surface area contributed by atoms with Gasteiger partial charge in [-0.2, -0.15) is 0 Å². The largest absolute Gasteiger partial charge is 0.392 e. The van der Waals surface area contributed by atoms with E-state index in [0.29, 0.717) is 12.1 Å². The molecule has 3 N–H and O–H groups in total. The molecular formula is C12H19FN2O. The fraction of sp³-hybridized carbons (Fsp3) is 0.500. The Morgan fingerprint density at radius 1 is 1.44 bits per heavy atom. The Morgan fingerprint density at radius 2 is 2.06 bits per heavy atom. The minimum absolute atomic E-state index is 0.301. The molecule has 4 heteroatoms. The number of hydrogen-bond acceptors (Lipinski definition) is 3. The molecule has 0 saturated carbocycles. The highest BCUT2D eigenvalue weighted by Gasteiger charge is 2.15. The van der Waals surface area contributed by atoms with E-state index in [1.165, 1.54) is 6.07 Å². The van der Waals surface area contributed by atoms with Crippen LogP contribution in [0.15, 0.2) is 18.2 Å². The number of anilines is 1. The zero-order valence-corrected chi connectivity index (χ0v) is 9.94. The summed E-state index contributed by atoms with van der Waals surface area (Å²) in [6.07, 6.45) is -0.464. The third kappa shape index (κ3) is 2.93. The Bertz CT molecular complexity index is 353. The van der Waals surface area contributed by atoms with Crippen molar-refractivity contribution in [2.24, 2.45) is 5.73 Å². The van der Waals surface area contributed by atoms with Crippen molar-refractivity contribution in [3.63, 3.8) is 0 Å². The predicted octanol–water partition coefficient (Wildman–Crippen LogP) is 1.66. The van der Waals surface area contributed by atoms with Crippen LogP contribution in [0.2, 0.25) is 0 Å². The lowest BCUT2D eigenvalue weighted by Gasteiger charge is -2.25. The summed E-state index contributed by atoms with van der Waals surface area (Å²) in [5.74, 6) is -0.301. The van der Waals surface area contributed by atoms with Gasteiger partial charge in [0.15, 0.2) is 0 Å². The number of aliphatic hydroxyl groups excluding tert-OH is 1. The van der Waals surface area contributed by atoms with Crippen molar-refractivity contribution in [1.29, 1.82) is 0 Å². The first-order valence-electron chi connectivity index (χ1n) is 5.36. The van der Waals surface area contributed by atoms with Crippen LogP contribution in [0.1, 0.15) is 25.5 Å². The van der Waals surface area contributed by atoms with Crippen LogP contribution in [0, 0.1) is 5.82 Å². The third-order valence-corrected chi connectivity index (χ3v) is 2.43. The van der Waals surface area contributed by atoms with Crippen molar-refractivity contribution in [1.82, 2.24) is 0 Å². The van der Waals surface area contributed by atoms with Gasteiger partial charge in [0.05, 0.1) is 6.10 Å². The molecule has 0 aliphatic rings. The Morgan fingerprint density at radius 3 is 2.56 bits per heavy atom. The lowest BCUT2D eigenvalue weighted by atomic mass is 10.1. The van der Waals surface area contributed by atoms with E-state index in [9.17, 15) is 9.50 Å². The topological polar surface area (TPSA) is 49.5 Å². The van der Waals surface area contributed by atoms with Gasteiger partial charge in [-0.05, 0) is 26.0 Å². The van der Waals surface area contributed by atoms with Crippen LogP contribution in [0.25, 0.3) is 0 Å². The van der Waals surface area contributed by atoms with Crippen molar-refractivity contribution < 1.29 is 9.50 Å². The molecule has 90 valence electrons. The second-order valence-electron chi connectivity index (χ2n) is 4.19. The Kier molecular flexibility index (Phi) is 4.26. The Balaban J connectivity index is 3.07. The number of aliphatic hydroxyl groups is 1. The second-order valence-corrected chi connectivity index (χ2v) is 4.19. The normalized spacial score (nSPS) is 14.6. The molecule has 0 aromatic heterocycles. The van der Waals surface area contributed by atoms with Crippen molar-refractivity contribution in [2.75, 3.05) is 18.5 Å². The SMILES string of the molecule is CC(O)CN(C)c1cccc(F)c1[C@H](C)N. The molecule has 1 unspecified atom stereocenters. The molecule has 0 aliphatic carbocycles. The highest BCUT2D eigenvalue weighted by atomic mass is 19.1. The van der Waals surface area contributed by atoms with Crippen LogP contribution < -0.4 is 10.6 Å². The van der Waals surface area contributed by atoms with Crippen LogP contribution in [-0.2, 0) is 0 Å². The third-order valence-electron chi connectivity index (χ3n) is 2.43. The summed E-state index contributed by atoms with van der Waals surface area (Å²) >= 11 is 0. The summed E-state index contributed by atoms with van der Waals surface area (Å²) in [6.45, 7) is 3.89. The number of halogens is 1. The van der Waals surface area contributed by atoms with E-state index >= 15 is 0 Å². The second kappa shape index (κ2) is 5.27. The molecule has 0 spiro atoms. The van der Waals surface area contributed by atoms with E-state index < -0.39 is 6.10 Å². The van der Waals surface area contributed by atoms with E-state index in [2.05, 4.69) is 0 Å². The highest BCUT2D eigenvalue weighted by Crippen LogP contribution is 2.27. The van der Waals surface area contributed by atoms with Crippen molar-refractivity contribution in [2.45, 2.75) is 26.0 Å². The average molecular weight is 226 g/mol. The first kappa shape index (κ1) is 12.9. The minimum atomic E-state index is -0.464. The average Bonchev–Trinajstić information content (AvgIpc) is 2.15. The molecular weight excluding hydrogens is 207 g/mol. The molecule has 0 aliphatic heterocycles. The summed E-state index contributed by atoms with van der Waals surface area (Å²) in [5, 5.41) is 9.32. The van der Waals surface area contributed by atoms with Gasteiger partial charge < -0.3 is 15.7 Å². The van der Waals surface area contributed by atoms with E-state index in [1.807, 2.05) is 18.0 Å². The lowest BCUT2D eigenvalue weighted by molar-refractivity contribution is 0.201. The van der Waals surface area contributed by atoms with Crippen molar-refractivity contribution in [3.8, 4) is 0 Å². The Hall–Kier alpha value is -1.13. The van der Waals surface area contributed by atoms with E-state index in [0.717, 1.165) is 5.69 Å². The number of nitrogens with zero attached hydrogens (tertiary/aromatic N) is 1. The summed E-state index contributed by atoms with van der Waals surface area (Å²) in [5.41, 5.74) is 6.98. The molecule has 3 nitrogen and oxygen atoms in total. The van der Waals surface area contributed by atoms with Gasteiger partial charge >= 0.3 is 0 Å². The highest BCUT2D eigenvalue weighted by molar-refractivity contribution is 5.55. The number of likely N-dealkylation sites (N-methyl/N-ethyl adjacent to an activating group) is 1. The molecule has 16 heavy (non-hydrogen) atoms. The molecule has 2 atom stereocenters. The Labute approximate surface area is 95.7 Å². The summed E-state index contributed by atoms with van der Waals surface area (Å²) in [7, 11) is 1.81. The van der Waals surface area contributed by atoms with Gasteiger partial charge in [0.2, 0.25) is 0 Å². The summed E-state index contributed by atoms with van der Waals surface area (Å²) < 4.78 is 13.6. The molecule has 1 rings (SSSR count). The van der Waals surface area contributed by atoms with E-state index in [1.54, 1.807) is 19.9 Å². The zero-order valence-electron chi connectivity index (χ0n) is 9.94. The number of nitrogens with two attached hydrogens (primary N) is 1. The molecule has 0 bridgehead atoms. The van der Waals surface area contributed by atoms with Crippen LogP contribution >= 0.6 is 0 Å². The van der Waals surface area contributed by atoms with E-state index in [4.69, 9.17) is 5.73 Å². The fourth-order valence-corrected chi connectivity index (χ4v) is 1.80.